The van der Waals surface area contributed by atoms with Crippen molar-refractivity contribution in [2.75, 3.05) is 37.7 Å². The summed E-state index contributed by atoms with van der Waals surface area (Å²) in [6, 6.07) is 12.1. The van der Waals surface area contributed by atoms with Crippen molar-refractivity contribution in [2.24, 2.45) is 29.0 Å². The zero-order valence-electron chi connectivity index (χ0n) is 44.4. The number of nitrogens with two attached hydrogens (primary N) is 3. The van der Waals surface area contributed by atoms with Crippen LogP contribution in [0, 0.1) is 11.8 Å². The number of rotatable bonds is 35. The summed E-state index contributed by atoms with van der Waals surface area (Å²) < 4.78 is 0. The van der Waals surface area contributed by atoms with Crippen LogP contribution in [0.2, 0.25) is 0 Å². The van der Waals surface area contributed by atoms with Gasteiger partial charge in [-0.2, -0.15) is 0 Å². The van der Waals surface area contributed by atoms with E-state index in [0.717, 1.165) is 28.0 Å². The first-order valence-corrected chi connectivity index (χ1v) is 28.6. The Kier molecular flexibility index (Phi) is 27.3. The van der Waals surface area contributed by atoms with Gasteiger partial charge in [0.15, 0.2) is 5.78 Å². The largest absolute Gasteiger partial charge is 0.393 e. The Morgan fingerprint density at radius 2 is 1.37 bits per heavy atom. The first-order valence-electron chi connectivity index (χ1n) is 26.2. The Morgan fingerprint density at radius 3 is 1.96 bits per heavy atom. The van der Waals surface area contributed by atoms with Gasteiger partial charge >= 0.3 is 0 Å². The number of H-pyrrole nitrogens is 1. The van der Waals surface area contributed by atoms with E-state index in [0.29, 0.717) is 42.6 Å². The van der Waals surface area contributed by atoms with Gasteiger partial charge in [-0.3, -0.25) is 47.9 Å². The number of primary amides is 2. The van der Waals surface area contributed by atoms with Gasteiger partial charge in [-0.1, -0.05) is 103 Å². The molecule has 23 nitrogen and oxygen atoms in total. The molecule has 3 aromatic rings. The van der Waals surface area contributed by atoms with Gasteiger partial charge in [-0.05, 0) is 62.6 Å². The maximum Gasteiger partial charge on any atom is 0.246 e. The molecule has 0 aliphatic carbocycles. The predicted molar refractivity (Wildman–Crippen MR) is 295 cm³/mol. The van der Waals surface area contributed by atoms with Gasteiger partial charge in [0.2, 0.25) is 53.2 Å². The van der Waals surface area contributed by atoms with Gasteiger partial charge in [-0.15, -0.1) is 0 Å². The third kappa shape index (κ3) is 21.5. The van der Waals surface area contributed by atoms with Crippen LogP contribution >= 0.6 is 21.6 Å². The van der Waals surface area contributed by atoms with Gasteiger partial charge in [0.25, 0.3) is 0 Å². The number of ketones is 1. The number of hydrogen-bond acceptors (Lipinski definition) is 15. The fourth-order valence-electron chi connectivity index (χ4n) is 8.61. The summed E-state index contributed by atoms with van der Waals surface area (Å²) >= 11 is 0. The maximum absolute atomic E-state index is 15.2. The fourth-order valence-corrected chi connectivity index (χ4v) is 11.1. The fraction of sp³-hybridized carbons (Fsp3) is 0.528. The number of amides is 9. The Morgan fingerprint density at radius 1 is 0.744 bits per heavy atom. The van der Waals surface area contributed by atoms with E-state index in [1.807, 2.05) is 50.2 Å². The smallest absolute Gasteiger partial charge is 0.246 e. The molecule has 4 rings (SSSR count). The highest BCUT2D eigenvalue weighted by molar-refractivity contribution is 8.76. The van der Waals surface area contributed by atoms with Crippen LogP contribution in [-0.2, 0) is 54.4 Å². The molecule has 78 heavy (non-hydrogen) atoms. The quantitative estimate of drug-likeness (QED) is 0.0277. The molecule has 14 N–H and O–H groups in total. The molecular formula is C53H76N12O11S2. The summed E-state index contributed by atoms with van der Waals surface area (Å²) in [5.74, 6) is -8.05. The lowest BCUT2D eigenvalue weighted by molar-refractivity contribution is -0.142. The van der Waals surface area contributed by atoms with Crippen molar-refractivity contribution in [1.82, 2.24) is 46.8 Å². The number of aromatic amines is 1. The number of aliphatic hydroxyl groups excluding tert-OH is 1. The molecule has 0 radical (unpaired) electrons. The van der Waals surface area contributed by atoms with Crippen molar-refractivity contribution in [3.63, 3.8) is 0 Å². The van der Waals surface area contributed by atoms with Crippen LogP contribution in [0.5, 0.6) is 0 Å². The first kappa shape index (κ1) is 63.7. The Bertz CT molecular complexity index is 2420. The number of Topliss-reactive ketones (excluding diaryl/α,β-unsaturated/α-hetero) is 1. The van der Waals surface area contributed by atoms with Crippen LogP contribution in [0.15, 0.2) is 73.2 Å². The second kappa shape index (κ2) is 33.5. The zero-order valence-corrected chi connectivity index (χ0v) is 46.0. The van der Waals surface area contributed by atoms with E-state index in [2.05, 4.69) is 41.9 Å². The molecule has 426 valence electrons. The molecule has 2 heterocycles. The van der Waals surface area contributed by atoms with Crippen molar-refractivity contribution >= 4 is 80.5 Å². The number of likely N-dealkylation sites (tertiary alicyclic amines) is 1. The Hall–Kier alpha value is -6.83. The van der Waals surface area contributed by atoms with Crippen LogP contribution in [0.3, 0.4) is 0 Å². The molecule has 0 unspecified atom stereocenters. The Labute approximate surface area is 462 Å². The molecule has 25 heteroatoms. The minimum absolute atomic E-state index is 0.00242. The van der Waals surface area contributed by atoms with Gasteiger partial charge in [0, 0.05) is 55.1 Å². The lowest BCUT2D eigenvalue weighted by Crippen LogP contribution is -2.59. The molecule has 1 fully saturated rings. The van der Waals surface area contributed by atoms with E-state index >= 15 is 4.79 Å². The van der Waals surface area contributed by atoms with Crippen LogP contribution in [0.25, 0.3) is 0 Å². The van der Waals surface area contributed by atoms with Crippen molar-refractivity contribution < 1.29 is 53.1 Å². The number of carbonyl (C=O) groups excluding carboxylic acids is 10. The summed E-state index contributed by atoms with van der Waals surface area (Å²) in [7, 11) is 2.19. The summed E-state index contributed by atoms with van der Waals surface area (Å²) in [5, 5.41) is 25.8. The Balaban J connectivity index is 1.44. The maximum atomic E-state index is 15.2. The highest BCUT2D eigenvalue weighted by atomic mass is 33.1. The number of carbonyl (C=O) groups is 10. The number of benzene rings is 2. The summed E-state index contributed by atoms with van der Waals surface area (Å²) in [4.78, 5) is 142. The average Bonchev–Trinajstić information content (AvgIpc) is 4.15. The first-order chi connectivity index (χ1) is 37.3. The van der Waals surface area contributed by atoms with Gasteiger partial charge in [0.05, 0.1) is 43.9 Å². The summed E-state index contributed by atoms with van der Waals surface area (Å²) in [5.41, 5.74) is 19.0. The molecule has 0 saturated carbocycles. The predicted octanol–water partition coefficient (Wildman–Crippen LogP) is 0.210. The van der Waals surface area contributed by atoms with Crippen LogP contribution in [0.1, 0.15) is 101 Å². The van der Waals surface area contributed by atoms with E-state index in [1.54, 1.807) is 24.3 Å². The van der Waals surface area contributed by atoms with E-state index in [9.17, 15) is 48.3 Å². The number of hydrogen-bond donors (Lipinski definition) is 11. The molecule has 0 bridgehead atoms. The van der Waals surface area contributed by atoms with E-state index < -0.39 is 108 Å². The molecule has 2 aromatic carbocycles. The van der Waals surface area contributed by atoms with Crippen molar-refractivity contribution in [2.45, 2.75) is 127 Å². The van der Waals surface area contributed by atoms with E-state index in [1.165, 1.54) is 24.3 Å². The zero-order chi connectivity index (χ0) is 57.1. The summed E-state index contributed by atoms with van der Waals surface area (Å²) in [6.45, 7) is 4.96. The second-order valence-electron chi connectivity index (χ2n) is 19.4. The van der Waals surface area contributed by atoms with Crippen LogP contribution in [-0.4, -0.2) is 153 Å². The second-order valence-corrected chi connectivity index (χ2v) is 22.0. The molecule has 1 saturated heterocycles. The SMILES string of the molecule is CC[C@H](C)CC(=O)NCC(=O)NCC(=O)N[C@H](CCCCN)C(=O)C[C@@H](CSSC[C@H](NC(=O)[C@@H]1CCCN1C(=O)[C@@H](NC(=O)[C@H](Cc1cnc[nH]1)NC(=O)C[C@@H](C)O)C(c1ccccc1)c1ccccc1)C(N)=O)C(N)=O. The lowest BCUT2D eigenvalue weighted by atomic mass is 9.84. The molecule has 9 amide bonds. The number of nitrogens with zero attached hydrogens (tertiary/aromatic N) is 2. The van der Waals surface area contributed by atoms with Crippen molar-refractivity contribution in [3.8, 4) is 0 Å². The number of aliphatic hydroxyl groups is 1. The van der Waals surface area contributed by atoms with Gasteiger partial charge < -0.3 is 64.1 Å². The lowest BCUT2D eigenvalue weighted by Gasteiger charge is -2.34. The molecule has 8 atom stereocenters. The normalized spacial score (nSPS) is 15.8. The highest BCUT2D eigenvalue weighted by Gasteiger charge is 2.43. The standard InChI is InChI=1S/C53H76N12O11S2/c1-4-32(2)22-43(68)58-27-45(70)59-28-46(71)61-38(18-11-12-20-54)42(67)24-36(49(55)72)29-77-78-30-40(50(56)73)63-52(75)41-19-13-21-65(41)53(76)48(47(34-14-7-5-8-15-34)35-16-9-6-10-17-35)64-51(74)39(25-37-26-57-31-60-37)62-44(69)23-33(3)66/h5-10,14-17,26,31-33,36,38-41,47-48,66H,4,11-13,18-25,27-30,54H2,1-3H3,(H2,55,72)(H2,56,73)(H,57,60)(H,58,68)(H,59,70)(H,61,71)(H,62,69)(H,63,75)(H,64,74)/t32-,33+,36-,38+,39-,40-,41-,48-/m0/s1. The minimum atomic E-state index is -1.34. The van der Waals surface area contributed by atoms with Gasteiger partial charge in [0.1, 0.15) is 24.2 Å². The van der Waals surface area contributed by atoms with Crippen LogP contribution in [0.4, 0.5) is 0 Å². The molecule has 1 aliphatic rings. The third-order valence-electron chi connectivity index (χ3n) is 13.1. The molecule has 1 aliphatic heterocycles. The van der Waals surface area contributed by atoms with Crippen molar-refractivity contribution in [1.29, 1.82) is 0 Å². The minimum Gasteiger partial charge on any atom is -0.393 e. The average molecular weight is 1120 g/mol. The molecule has 1 aromatic heterocycles. The van der Waals surface area contributed by atoms with E-state index in [4.69, 9.17) is 17.2 Å². The van der Waals surface area contributed by atoms with Crippen LogP contribution < -0.4 is 49.1 Å². The topological polar surface area (TPSA) is 373 Å². The molecular weight excluding hydrogens is 1040 g/mol. The number of nitrogens with one attached hydrogen (secondary N) is 7. The number of unbranched alkanes of at least 4 members (excludes halogenated alkanes) is 1. The highest BCUT2D eigenvalue weighted by Crippen LogP contribution is 2.32. The van der Waals surface area contributed by atoms with Gasteiger partial charge in [-0.25, -0.2) is 4.98 Å². The van der Waals surface area contributed by atoms with Crippen molar-refractivity contribution in [3.05, 3.63) is 90.0 Å². The monoisotopic (exact) mass is 1120 g/mol. The number of imidazole rings is 1. The molecule has 0 spiro atoms. The van der Waals surface area contributed by atoms with E-state index in [-0.39, 0.29) is 74.9 Å². The number of aromatic nitrogens is 2. The summed E-state index contributed by atoms with van der Waals surface area (Å²) in [6.07, 6.45) is 4.13. The third-order valence-corrected chi connectivity index (χ3v) is 15.5.